The van der Waals surface area contributed by atoms with Gasteiger partial charge < -0.3 is 14.9 Å². The molecule has 0 aliphatic carbocycles. The van der Waals surface area contributed by atoms with Gasteiger partial charge in [-0.3, -0.25) is 0 Å². The van der Waals surface area contributed by atoms with Crippen LogP contribution in [0.15, 0.2) is 66.9 Å². The third kappa shape index (κ3) is 4.16. The summed E-state index contributed by atoms with van der Waals surface area (Å²) in [5.41, 5.74) is 3.39. The Morgan fingerprint density at radius 3 is 2.57 bits per heavy atom. The fourth-order valence-electron chi connectivity index (χ4n) is 3.08. The predicted octanol–water partition coefficient (Wildman–Crippen LogP) is 5.16. The van der Waals surface area contributed by atoms with Crippen molar-refractivity contribution in [2.24, 2.45) is 0 Å². The van der Waals surface area contributed by atoms with E-state index in [1.165, 1.54) is 12.1 Å². The van der Waals surface area contributed by atoms with Gasteiger partial charge in [0.2, 0.25) is 5.88 Å². The smallest absolute Gasteiger partial charge is 0.339 e. The lowest BCUT2D eigenvalue weighted by atomic mass is 10.0. The molecular formula is C23H18N2O4S. The summed E-state index contributed by atoms with van der Waals surface area (Å²) in [6.45, 7) is 2.29. The number of benzene rings is 2. The number of hydrogen-bond donors (Lipinski definition) is 2. The highest BCUT2D eigenvalue weighted by atomic mass is 32.1. The van der Waals surface area contributed by atoms with Crippen LogP contribution in [0.1, 0.15) is 21.1 Å². The van der Waals surface area contributed by atoms with E-state index in [0.717, 1.165) is 32.3 Å². The normalized spacial score (nSPS) is 10.7. The third-order valence-electron chi connectivity index (χ3n) is 4.51. The Balaban J connectivity index is 1.59. The molecule has 0 saturated carbocycles. The average molecular weight is 418 g/mol. The number of carboxylic acid groups (broad SMARTS) is 1. The molecule has 0 amide bonds. The van der Waals surface area contributed by atoms with E-state index in [9.17, 15) is 9.90 Å². The summed E-state index contributed by atoms with van der Waals surface area (Å²) < 4.78 is 5.69. The summed E-state index contributed by atoms with van der Waals surface area (Å²) in [7, 11) is 0. The van der Waals surface area contributed by atoms with Crippen molar-refractivity contribution < 1.29 is 19.7 Å². The minimum absolute atomic E-state index is 0.120. The number of phenols is 1. The first-order valence-corrected chi connectivity index (χ1v) is 10.00. The van der Waals surface area contributed by atoms with Gasteiger partial charge >= 0.3 is 5.97 Å². The number of ether oxygens (including phenoxy) is 1. The van der Waals surface area contributed by atoms with Crippen molar-refractivity contribution >= 4 is 17.3 Å². The highest BCUT2D eigenvalue weighted by molar-refractivity contribution is 7.15. The summed E-state index contributed by atoms with van der Waals surface area (Å²) in [4.78, 5) is 20.9. The maximum absolute atomic E-state index is 11.1. The molecule has 4 aromatic rings. The second kappa shape index (κ2) is 8.34. The van der Waals surface area contributed by atoms with Gasteiger partial charge in [0.25, 0.3) is 0 Å². The number of nitrogens with zero attached hydrogens (tertiary/aromatic N) is 2. The number of rotatable bonds is 6. The van der Waals surface area contributed by atoms with Gasteiger partial charge in [0.1, 0.15) is 22.9 Å². The molecule has 2 heterocycles. The number of aromatic carboxylic acids is 1. The van der Waals surface area contributed by atoms with E-state index < -0.39 is 5.97 Å². The van der Waals surface area contributed by atoms with Crippen molar-refractivity contribution in [1.82, 2.24) is 9.97 Å². The molecule has 0 fully saturated rings. The second-order valence-electron chi connectivity index (χ2n) is 6.60. The van der Waals surface area contributed by atoms with Crippen molar-refractivity contribution in [3.8, 4) is 33.2 Å². The molecular weight excluding hydrogens is 400 g/mol. The Kier molecular flexibility index (Phi) is 5.45. The quantitative estimate of drug-likeness (QED) is 0.449. The van der Waals surface area contributed by atoms with Gasteiger partial charge in [0.15, 0.2) is 0 Å². The molecule has 0 saturated heterocycles. The van der Waals surface area contributed by atoms with Crippen molar-refractivity contribution in [3.63, 3.8) is 0 Å². The van der Waals surface area contributed by atoms with Crippen LogP contribution in [0.25, 0.3) is 21.6 Å². The summed E-state index contributed by atoms with van der Waals surface area (Å²) in [5, 5.41) is 19.9. The van der Waals surface area contributed by atoms with Crippen molar-refractivity contribution in [1.29, 1.82) is 0 Å². The van der Waals surface area contributed by atoms with Crippen LogP contribution in [0.5, 0.6) is 11.6 Å². The van der Waals surface area contributed by atoms with E-state index >= 15 is 0 Å². The molecule has 0 atom stereocenters. The topological polar surface area (TPSA) is 92.5 Å². The SMILES string of the molecule is Cc1nc(COc2ccccn2)sc1-c1cccc(-c2ccc(C(=O)O)c(O)c2)c1. The van der Waals surface area contributed by atoms with E-state index in [0.29, 0.717) is 12.5 Å². The van der Waals surface area contributed by atoms with Crippen molar-refractivity contribution in [2.75, 3.05) is 0 Å². The number of carbonyl (C=O) groups is 1. The minimum Gasteiger partial charge on any atom is -0.507 e. The number of aromatic hydroxyl groups is 1. The van der Waals surface area contributed by atoms with Crippen LogP contribution < -0.4 is 4.74 Å². The maximum atomic E-state index is 11.1. The first kappa shape index (κ1) is 19.6. The van der Waals surface area contributed by atoms with Gasteiger partial charge in [0.05, 0.1) is 10.6 Å². The summed E-state index contributed by atoms with van der Waals surface area (Å²) in [6.07, 6.45) is 1.68. The van der Waals surface area contributed by atoms with E-state index in [4.69, 9.17) is 9.84 Å². The minimum atomic E-state index is -1.16. The molecule has 0 aliphatic rings. The van der Waals surface area contributed by atoms with Gasteiger partial charge in [-0.05, 0) is 47.9 Å². The fourth-order valence-corrected chi connectivity index (χ4v) is 4.06. The molecule has 30 heavy (non-hydrogen) atoms. The lowest BCUT2D eigenvalue weighted by molar-refractivity contribution is 0.0694. The number of pyridine rings is 1. The average Bonchev–Trinajstić information content (AvgIpc) is 3.13. The molecule has 4 rings (SSSR count). The van der Waals surface area contributed by atoms with Crippen LogP contribution in [-0.4, -0.2) is 26.2 Å². The van der Waals surface area contributed by atoms with Gasteiger partial charge in [-0.1, -0.05) is 30.3 Å². The Morgan fingerprint density at radius 2 is 1.83 bits per heavy atom. The fraction of sp³-hybridized carbons (Fsp3) is 0.0870. The van der Waals surface area contributed by atoms with E-state index in [1.807, 2.05) is 43.3 Å². The van der Waals surface area contributed by atoms with Crippen LogP contribution >= 0.6 is 11.3 Å². The zero-order valence-corrected chi connectivity index (χ0v) is 16.9. The Hall–Kier alpha value is -3.71. The number of aromatic nitrogens is 2. The predicted molar refractivity (Wildman–Crippen MR) is 115 cm³/mol. The maximum Gasteiger partial charge on any atom is 0.339 e. The van der Waals surface area contributed by atoms with E-state index in [-0.39, 0.29) is 11.3 Å². The summed E-state index contributed by atoms with van der Waals surface area (Å²) in [5.74, 6) is -0.861. The van der Waals surface area contributed by atoms with Crippen LogP contribution in [-0.2, 0) is 6.61 Å². The molecule has 0 radical (unpaired) electrons. The summed E-state index contributed by atoms with van der Waals surface area (Å²) in [6, 6.07) is 17.9. The second-order valence-corrected chi connectivity index (χ2v) is 7.68. The van der Waals surface area contributed by atoms with Gasteiger partial charge in [-0.15, -0.1) is 11.3 Å². The Morgan fingerprint density at radius 1 is 1.03 bits per heavy atom. The first-order chi connectivity index (χ1) is 14.5. The largest absolute Gasteiger partial charge is 0.507 e. The first-order valence-electron chi connectivity index (χ1n) is 9.18. The third-order valence-corrected chi connectivity index (χ3v) is 5.69. The van der Waals surface area contributed by atoms with Crippen LogP contribution in [0.3, 0.4) is 0 Å². The monoisotopic (exact) mass is 418 g/mol. The highest BCUT2D eigenvalue weighted by Gasteiger charge is 2.13. The van der Waals surface area contributed by atoms with E-state index in [2.05, 4.69) is 9.97 Å². The molecule has 6 nitrogen and oxygen atoms in total. The summed E-state index contributed by atoms with van der Waals surface area (Å²) >= 11 is 1.55. The number of aryl methyl sites for hydroxylation is 1. The number of thiazole rings is 1. The molecule has 2 aromatic heterocycles. The van der Waals surface area contributed by atoms with Crippen LogP contribution in [0, 0.1) is 6.92 Å². The van der Waals surface area contributed by atoms with Crippen LogP contribution in [0.2, 0.25) is 0 Å². The van der Waals surface area contributed by atoms with E-state index in [1.54, 1.807) is 29.7 Å². The zero-order valence-electron chi connectivity index (χ0n) is 16.1. The standard InChI is InChI=1S/C23H18N2O4S/c1-14-22(30-21(25-14)13-29-20-7-2-3-10-24-20)17-6-4-5-15(11-17)16-8-9-18(23(27)28)19(26)12-16/h2-12,26H,13H2,1H3,(H,27,28). The zero-order chi connectivity index (χ0) is 21.1. The molecule has 7 heteroatoms. The molecule has 0 aliphatic heterocycles. The van der Waals surface area contributed by atoms with Crippen molar-refractivity contribution in [3.05, 3.63) is 83.1 Å². The molecule has 150 valence electrons. The number of hydrogen-bond acceptors (Lipinski definition) is 6. The number of carboxylic acids is 1. The Bertz CT molecular complexity index is 1210. The molecule has 2 aromatic carbocycles. The highest BCUT2D eigenvalue weighted by Crippen LogP contribution is 2.34. The van der Waals surface area contributed by atoms with Gasteiger partial charge in [-0.2, -0.15) is 0 Å². The van der Waals surface area contributed by atoms with Gasteiger partial charge in [-0.25, -0.2) is 14.8 Å². The molecule has 0 bridgehead atoms. The Labute approximate surface area is 177 Å². The molecule has 0 spiro atoms. The van der Waals surface area contributed by atoms with Gasteiger partial charge in [0, 0.05) is 12.3 Å². The van der Waals surface area contributed by atoms with Crippen LogP contribution in [0.4, 0.5) is 0 Å². The molecule has 2 N–H and O–H groups in total. The molecule has 0 unspecified atom stereocenters. The lowest BCUT2D eigenvalue weighted by Crippen LogP contribution is -1.96. The lowest BCUT2D eigenvalue weighted by Gasteiger charge is -2.07. The van der Waals surface area contributed by atoms with Crippen molar-refractivity contribution in [2.45, 2.75) is 13.5 Å².